The zero-order valence-corrected chi connectivity index (χ0v) is 11.0. The summed E-state index contributed by atoms with van der Waals surface area (Å²) in [5, 5.41) is 5.52. The Hall–Kier alpha value is -1.69. The molecule has 0 unspecified atom stereocenters. The van der Waals surface area contributed by atoms with Crippen molar-refractivity contribution in [3.8, 4) is 0 Å². The number of hydrogen-bond acceptors (Lipinski definition) is 3. The average Bonchev–Trinajstić information content (AvgIpc) is 2.36. The lowest BCUT2D eigenvalue weighted by molar-refractivity contribution is 0.0956. The number of carbonyl (C=O) groups excluding carboxylic acids is 2. The van der Waals surface area contributed by atoms with Crippen LogP contribution in [-0.4, -0.2) is 36.2 Å². The third-order valence-corrected chi connectivity index (χ3v) is 2.98. The summed E-state index contributed by atoms with van der Waals surface area (Å²) in [7, 11) is 1.71. The minimum absolute atomic E-state index is 0.119. The number of carbonyl (C=O) groups is 2. The second kappa shape index (κ2) is 5.30. The Kier molecular flexibility index (Phi) is 3.76. The lowest BCUT2D eigenvalue weighted by Gasteiger charge is -2.26. The molecule has 0 aromatic heterocycles. The molecule has 1 aromatic rings. The van der Waals surface area contributed by atoms with Crippen LogP contribution in [0.2, 0.25) is 0 Å². The van der Waals surface area contributed by atoms with Crippen molar-refractivity contribution in [3.05, 3.63) is 29.3 Å². The summed E-state index contributed by atoms with van der Waals surface area (Å²) in [5.74, 6) is 0.488. The molecular formula is C12H15N3O2S. The number of nitrogens with one attached hydrogen (secondary N) is 2. The van der Waals surface area contributed by atoms with Crippen LogP contribution in [0, 0.1) is 0 Å². The topological polar surface area (TPSA) is 61.4 Å². The van der Waals surface area contributed by atoms with Gasteiger partial charge in [-0.05, 0) is 23.8 Å². The van der Waals surface area contributed by atoms with E-state index in [-0.39, 0.29) is 11.9 Å². The number of anilines is 1. The maximum atomic E-state index is 11.8. The Bertz CT molecular complexity index is 490. The minimum Gasteiger partial charge on any atom is -0.351 e. The first-order chi connectivity index (χ1) is 8.61. The van der Waals surface area contributed by atoms with E-state index in [4.69, 9.17) is 0 Å². The van der Waals surface area contributed by atoms with Crippen molar-refractivity contribution in [1.82, 2.24) is 10.2 Å². The van der Waals surface area contributed by atoms with E-state index in [1.807, 2.05) is 0 Å². The van der Waals surface area contributed by atoms with Crippen molar-refractivity contribution < 1.29 is 9.59 Å². The number of amides is 3. The molecule has 0 fully saturated rings. The number of thiol groups is 1. The second-order valence-corrected chi connectivity index (χ2v) is 4.58. The molecule has 5 nitrogen and oxygen atoms in total. The van der Waals surface area contributed by atoms with Gasteiger partial charge in [0.25, 0.3) is 5.91 Å². The molecule has 1 aromatic carbocycles. The van der Waals surface area contributed by atoms with Crippen molar-refractivity contribution >= 4 is 30.3 Å². The molecule has 2 N–H and O–H groups in total. The zero-order chi connectivity index (χ0) is 13.1. The third-order valence-electron chi connectivity index (χ3n) is 2.76. The molecule has 0 saturated carbocycles. The highest BCUT2D eigenvalue weighted by molar-refractivity contribution is 7.80. The van der Waals surface area contributed by atoms with Gasteiger partial charge in [0.15, 0.2) is 0 Å². The molecule has 0 atom stereocenters. The van der Waals surface area contributed by atoms with Crippen LogP contribution in [0.5, 0.6) is 0 Å². The fraction of sp³-hybridized carbons (Fsp3) is 0.333. The monoisotopic (exact) mass is 265 g/mol. The van der Waals surface area contributed by atoms with E-state index < -0.39 is 0 Å². The van der Waals surface area contributed by atoms with Crippen LogP contribution in [0.3, 0.4) is 0 Å². The fourth-order valence-corrected chi connectivity index (χ4v) is 1.91. The largest absolute Gasteiger partial charge is 0.351 e. The van der Waals surface area contributed by atoms with E-state index >= 15 is 0 Å². The predicted octanol–water partition coefficient (Wildman–Crippen LogP) is 1.32. The number of rotatable bonds is 3. The Morgan fingerprint density at radius 2 is 2.33 bits per heavy atom. The molecule has 3 amide bonds. The molecule has 1 heterocycles. The maximum absolute atomic E-state index is 11.8. The number of fused-ring (bicyclic) bond motifs is 1. The Morgan fingerprint density at radius 1 is 1.56 bits per heavy atom. The van der Waals surface area contributed by atoms with Gasteiger partial charge in [-0.25, -0.2) is 4.79 Å². The van der Waals surface area contributed by atoms with E-state index in [9.17, 15) is 9.59 Å². The van der Waals surface area contributed by atoms with Crippen LogP contribution >= 0.6 is 12.6 Å². The van der Waals surface area contributed by atoms with Crippen LogP contribution < -0.4 is 10.6 Å². The lowest BCUT2D eigenvalue weighted by Crippen LogP contribution is -2.35. The van der Waals surface area contributed by atoms with Crippen LogP contribution in [0.25, 0.3) is 0 Å². The zero-order valence-electron chi connectivity index (χ0n) is 10.1. The molecular weight excluding hydrogens is 250 g/mol. The van der Waals surface area contributed by atoms with Gasteiger partial charge in [-0.2, -0.15) is 12.6 Å². The average molecular weight is 265 g/mol. The summed E-state index contributed by atoms with van der Waals surface area (Å²) < 4.78 is 0. The van der Waals surface area contributed by atoms with Crippen molar-refractivity contribution in [3.63, 3.8) is 0 Å². The molecule has 0 spiro atoms. The van der Waals surface area contributed by atoms with Crippen molar-refractivity contribution in [1.29, 1.82) is 0 Å². The second-order valence-electron chi connectivity index (χ2n) is 4.14. The van der Waals surface area contributed by atoms with Gasteiger partial charge in [-0.15, -0.1) is 0 Å². The van der Waals surface area contributed by atoms with Gasteiger partial charge in [0, 0.05) is 37.1 Å². The van der Waals surface area contributed by atoms with Gasteiger partial charge in [0.1, 0.15) is 0 Å². The highest BCUT2D eigenvalue weighted by Crippen LogP contribution is 2.23. The molecule has 0 radical (unpaired) electrons. The van der Waals surface area contributed by atoms with E-state index in [0.717, 1.165) is 11.3 Å². The van der Waals surface area contributed by atoms with Crippen molar-refractivity contribution in [2.24, 2.45) is 0 Å². The Balaban J connectivity index is 2.19. The van der Waals surface area contributed by atoms with E-state index in [1.54, 1.807) is 30.1 Å². The summed E-state index contributed by atoms with van der Waals surface area (Å²) >= 11 is 4.04. The molecule has 96 valence electrons. The molecule has 1 aliphatic heterocycles. The van der Waals surface area contributed by atoms with E-state index in [1.165, 1.54) is 0 Å². The molecule has 2 rings (SSSR count). The normalized spacial score (nSPS) is 13.9. The van der Waals surface area contributed by atoms with E-state index in [0.29, 0.717) is 24.4 Å². The molecule has 1 aliphatic rings. The van der Waals surface area contributed by atoms with E-state index in [2.05, 4.69) is 23.3 Å². The van der Waals surface area contributed by atoms with Gasteiger partial charge >= 0.3 is 6.03 Å². The van der Waals surface area contributed by atoms with Crippen LogP contribution in [0.1, 0.15) is 15.9 Å². The molecule has 0 aliphatic carbocycles. The maximum Gasteiger partial charge on any atom is 0.321 e. The number of urea groups is 1. The van der Waals surface area contributed by atoms with Crippen LogP contribution in [0.4, 0.5) is 10.5 Å². The van der Waals surface area contributed by atoms with Crippen molar-refractivity contribution in [2.75, 3.05) is 24.7 Å². The van der Waals surface area contributed by atoms with Gasteiger partial charge in [-0.1, -0.05) is 0 Å². The highest BCUT2D eigenvalue weighted by Gasteiger charge is 2.20. The first-order valence-electron chi connectivity index (χ1n) is 5.66. The minimum atomic E-state index is -0.130. The van der Waals surface area contributed by atoms with Crippen LogP contribution in [0.15, 0.2) is 18.2 Å². The number of nitrogens with zero attached hydrogens (tertiary/aromatic N) is 1. The predicted molar refractivity (Wildman–Crippen MR) is 73.1 cm³/mol. The summed E-state index contributed by atoms with van der Waals surface area (Å²) in [6.45, 7) is 1.05. The SMILES string of the molecule is CN1Cc2cc(C(=O)NCCS)ccc2NC1=O. The van der Waals surface area contributed by atoms with Gasteiger partial charge in [0.05, 0.1) is 0 Å². The standard InChI is InChI=1S/C12H15N3O2S/c1-15-7-9-6-8(11(16)13-4-5-18)2-3-10(9)14-12(15)17/h2-3,6,18H,4-5,7H2,1H3,(H,13,16)(H,14,17). The smallest absolute Gasteiger partial charge is 0.321 e. The number of hydrogen-bond donors (Lipinski definition) is 3. The quantitative estimate of drug-likeness (QED) is 0.722. The Morgan fingerprint density at radius 3 is 3.06 bits per heavy atom. The third kappa shape index (κ3) is 2.59. The Labute approximate surface area is 111 Å². The molecule has 0 bridgehead atoms. The fourth-order valence-electron chi connectivity index (χ4n) is 1.80. The van der Waals surface area contributed by atoms with Gasteiger partial charge in [0.2, 0.25) is 0 Å². The lowest BCUT2D eigenvalue weighted by atomic mass is 10.1. The molecule has 18 heavy (non-hydrogen) atoms. The first-order valence-corrected chi connectivity index (χ1v) is 6.29. The molecule has 6 heteroatoms. The summed E-state index contributed by atoms with van der Waals surface area (Å²) in [5.41, 5.74) is 2.31. The number of benzene rings is 1. The summed E-state index contributed by atoms with van der Waals surface area (Å²) in [4.78, 5) is 24.8. The first kappa shape index (κ1) is 12.8. The van der Waals surface area contributed by atoms with Gasteiger partial charge < -0.3 is 15.5 Å². The summed E-state index contributed by atoms with van der Waals surface area (Å²) in [6.07, 6.45) is 0. The van der Waals surface area contributed by atoms with Crippen LogP contribution in [-0.2, 0) is 6.54 Å². The molecule has 0 saturated heterocycles. The summed E-state index contributed by atoms with van der Waals surface area (Å²) in [6, 6.07) is 5.14. The highest BCUT2D eigenvalue weighted by atomic mass is 32.1. The van der Waals surface area contributed by atoms with Crippen molar-refractivity contribution in [2.45, 2.75) is 6.54 Å². The van der Waals surface area contributed by atoms with Gasteiger partial charge in [-0.3, -0.25) is 4.79 Å².